The van der Waals surface area contributed by atoms with E-state index >= 15 is 0 Å². The Morgan fingerprint density at radius 2 is 1.26 bits per heavy atom. The SMILES string of the molecule is O=C1c2cc([N+](=O)[O-])ccc2-c2c([N+](=O)[O-])ccc([N+](=O)[O-])c21. The van der Waals surface area contributed by atoms with Crippen molar-refractivity contribution in [2.24, 2.45) is 0 Å². The van der Waals surface area contributed by atoms with Crippen LogP contribution in [-0.2, 0) is 0 Å². The van der Waals surface area contributed by atoms with Crippen molar-refractivity contribution >= 4 is 22.8 Å². The molecule has 10 nitrogen and oxygen atoms in total. The smallest absolute Gasteiger partial charge is 0.281 e. The summed E-state index contributed by atoms with van der Waals surface area (Å²) < 4.78 is 0. The zero-order chi connectivity index (χ0) is 16.9. The van der Waals surface area contributed by atoms with Gasteiger partial charge in [-0.25, -0.2) is 0 Å². The van der Waals surface area contributed by atoms with E-state index in [1.165, 1.54) is 6.07 Å². The van der Waals surface area contributed by atoms with Gasteiger partial charge in [0.25, 0.3) is 17.1 Å². The van der Waals surface area contributed by atoms with Gasteiger partial charge in [-0.1, -0.05) is 0 Å². The number of ketones is 1. The number of hydrogen-bond donors (Lipinski definition) is 0. The highest BCUT2D eigenvalue weighted by Crippen LogP contribution is 2.46. The van der Waals surface area contributed by atoms with Gasteiger partial charge in [-0.05, 0) is 6.07 Å². The van der Waals surface area contributed by atoms with Crippen molar-refractivity contribution in [1.29, 1.82) is 0 Å². The number of nitrogens with zero attached hydrogens (tertiary/aromatic N) is 3. The van der Waals surface area contributed by atoms with Crippen molar-refractivity contribution in [3.63, 3.8) is 0 Å². The lowest BCUT2D eigenvalue weighted by molar-refractivity contribution is -0.388. The third-order valence-corrected chi connectivity index (χ3v) is 3.51. The van der Waals surface area contributed by atoms with E-state index in [1.807, 2.05) is 0 Å². The highest BCUT2D eigenvalue weighted by Gasteiger charge is 2.40. The largest absolute Gasteiger partial charge is 0.288 e. The zero-order valence-electron chi connectivity index (χ0n) is 11.1. The first-order chi connectivity index (χ1) is 10.8. The quantitative estimate of drug-likeness (QED) is 0.533. The second-order valence-corrected chi connectivity index (χ2v) is 4.68. The van der Waals surface area contributed by atoms with Gasteiger partial charge in [0, 0.05) is 35.4 Å². The molecular weight excluding hydrogens is 310 g/mol. The molecule has 0 saturated carbocycles. The lowest BCUT2D eigenvalue weighted by Crippen LogP contribution is -2.02. The fourth-order valence-corrected chi connectivity index (χ4v) is 2.57. The number of nitro benzene ring substituents is 3. The van der Waals surface area contributed by atoms with E-state index in [0.29, 0.717) is 0 Å². The first-order valence-corrected chi connectivity index (χ1v) is 6.12. The van der Waals surface area contributed by atoms with Gasteiger partial charge in [-0.3, -0.25) is 35.1 Å². The van der Waals surface area contributed by atoms with Gasteiger partial charge in [-0.15, -0.1) is 0 Å². The Labute approximate surface area is 126 Å². The Morgan fingerprint density at radius 1 is 0.696 bits per heavy atom. The molecule has 3 rings (SSSR count). The van der Waals surface area contributed by atoms with Crippen LogP contribution < -0.4 is 0 Å². The van der Waals surface area contributed by atoms with Crippen molar-refractivity contribution in [2.75, 3.05) is 0 Å². The fourth-order valence-electron chi connectivity index (χ4n) is 2.57. The van der Waals surface area contributed by atoms with Crippen LogP contribution in [0.5, 0.6) is 0 Å². The summed E-state index contributed by atoms with van der Waals surface area (Å²) in [5.41, 5.74) is -2.10. The highest BCUT2D eigenvalue weighted by atomic mass is 16.6. The molecule has 0 aromatic heterocycles. The Hall–Kier alpha value is -3.69. The molecule has 0 radical (unpaired) electrons. The van der Waals surface area contributed by atoms with E-state index in [-0.39, 0.29) is 22.4 Å². The molecule has 0 heterocycles. The maximum atomic E-state index is 12.4. The molecule has 2 aromatic rings. The molecule has 0 saturated heterocycles. The molecule has 10 heteroatoms. The molecule has 0 N–H and O–H groups in total. The molecule has 0 fully saturated rings. The summed E-state index contributed by atoms with van der Waals surface area (Å²) in [7, 11) is 0. The van der Waals surface area contributed by atoms with Crippen molar-refractivity contribution in [1.82, 2.24) is 0 Å². The normalized spacial score (nSPS) is 11.7. The Kier molecular flexibility index (Phi) is 2.89. The van der Waals surface area contributed by atoms with Crippen LogP contribution in [0.1, 0.15) is 15.9 Å². The number of carbonyl (C=O) groups excluding carboxylic acids is 1. The minimum atomic E-state index is -0.839. The third kappa shape index (κ3) is 1.92. The number of nitro groups is 3. The molecule has 0 aliphatic heterocycles. The van der Waals surface area contributed by atoms with E-state index in [4.69, 9.17) is 0 Å². The molecule has 23 heavy (non-hydrogen) atoms. The van der Waals surface area contributed by atoms with E-state index < -0.39 is 37.5 Å². The lowest BCUT2D eigenvalue weighted by Gasteiger charge is -2.02. The van der Waals surface area contributed by atoms with Gasteiger partial charge >= 0.3 is 0 Å². The molecule has 0 bridgehead atoms. The van der Waals surface area contributed by atoms with E-state index in [2.05, 4.69) is 0 Å². The molecular formula is C13H5N3O7. The summed E-state index contributed by atoms with van der Waals surface area (Å²) in [6.45, 7) is 0. The second-order valence-electron chi connectivity index (χ2n) is 4.68. The maximum absolute atomic E-state index is 12.4. The Morgan fingerprint density at radius 3 is 1.78 bits per heavy atom. The fraction of sp³-hybridized carbons (Fsp3) is 0. The minimum absolute atomic E-state index is 0.0750. The standard InChI is InChI=1S/C13H5N3O7/c17-13-8-5-6(14(18)19)1-2-7(8)11-9(15(20)21)3-4-10(12(11)13)16(22)23/h1-5H. The Balaban J connectivity index is 2.39. The summed E-state index contributed by atoms with van der Waals surface area (Å²) in [6.07, 6.45) is 0. The van der Waals surface area contributed by atoms with Crippen LogP contribution in [0.3, 0.4) is 0 Å². The molecule has 1 aliphatic carbocycles. The number of non-ortho nitro benzene ring substituents is 1. The van der Waals surface area contributed by atoms with Crippen LogP contribution in [0, 0.1) is 30.3 Å². The lowest BCUT2D eigenvalue weighted by atomic mass is 10.0. The van der Waals surface area contributed by atoms with Gasteiger partial charge in [0.1, 0.15) is 5.56 Å². The van der Waals surface area contributed by atoms with E-state index in [0.717, 1.165) is 24.3 Å². The predicted octanol–water partition coefficient (Wildman–Crippen LogP) is 2.62. The van der Waals surface area contributed by atoms with Crippen molar-refractivity contribution in [2.45, 2.75) is 0 Å². The number of rotatable bonds is 3. The van der Waals surface area contributed by atoms with Gasteiger partial charge in [0.05, 0.1) is 20.3 Å². The van der Waals surface area contributed by atoms with Crippen LogP contribution in [0.15, 0.2) is 30.3 Å². The van der Waals surface area contributed by atoms with Crippen molar-refractivity contribution < 1.29 is 19.6 Å². The molecule has 0 amide bonds. The average Bonchev–Trinajstić information content (AvgIpc) is 2.79. The van der Waals surface area contributed by atoms with Crippen LogP contribution in [-0.4, -0.2) is 20.6 Å². The summed E-state index contributed by atoms with van der Waals surface area (Å²) in [5.74, 6) is -0.839. The van der Waals surface area contributed by atoms with Crippen molar-refractivity contribution in [3.8, 4) is 11.1 Å². The van der Waals surface area contributed by atoms with Gasteiger partial charge < -0.3 is 0 Å². The van der Waals surface area contributed by atoms with Crippen LogP contribution in [0.2, 0.25) is 0 Å². The maximum Gasteiger partial charge on any atom is 0.281 e. The van der Waals surface area contributed by atoms with Crippen LogP contribution in [0.25, 0.3) is 11.1 Å². The number of fused-ring (bicyclic) bond motifs is 3. The molecule has 0 spiro atoms. The molecule has 1 aliphatic rings. The minimum Gasteiger partial charge on any atom is -0.288 e. The molecule has 0 atom stereocenters. The van der Waals surface area contributed by atoms with Gasteiger partial charge in [0.15, 0.2) is 0 Å². The van der Waals surface area contributed by atoms with E-state index in [1.54, 1.807) is 0 Å². The molecule has 2 aromatic carbocycles. The van der Waals surface area contributed by atoms with E-state index in [9.17, 15) is 35.1 Å². The van der Waals surface area contributed by atoms with Crippen molar-refractivity contribution in [3.05, 3.63) is 71.8 Å². The van der Waals surface area contributed by atoms with Crippen LogP contribution in [0.4, 0.5) is 17.1 Å². The summed E-state index contributed by atoms with van der Waals surface area (Å²) >= 11 is 0. The predicted molar refractivity (Wildman–Crippen MR) is 75.3 cm³/mol. The number of benzene rings is 2. The first kappa shape index (κ1) is 14.3. The molecule has 114 valence electrons. The highest BCUT2D eigenvalue weighted by molar-refractivity contribution is 6.25. The second kappa shape index (κ2) is 4.66. The topological polar surface area (TPSA) is 146 Å². The van der Waals surface area contributed by atoms with Crippen LogP contribution >= 0.6 is 0 Å². The van der Waals surface area contributed by atoms with Gasteiger partial charge in [-0.2, -0.15) is 0 Å². The van der Waals surface area contributed by atoms with Gasteiger partial charge in [0.2, 0.25) is 5.78 Å². The summed E-state index contributed by atoms with van der Waals surface area (Å²) in [4.78, 5) is 43.2. The first-order valence-electron chi connectivity index (χ1n) is 6.12. The monoisotopic (exact) mass is 315 g/mol. The summed E-state index contributed by atoms with van der Waals surface area (Å²) in [5, 5.41) is 33.0. The number of carbonyl (C=O) groups is 1. The third-order valence-electron chi connectivity index (χ3n) is 3.51. The summed E-state index contributed by atoms with van der Waals surface area (Å²) in [6, 6.07) is 5.07. The number of hydrogen-bond acceptors (Lipinski definition) is 7. The average molecular weight is 315 g/mol. The molecule has 0 unspecified atom stereocenters. The zero-order valence-corrected chi connectivity index (χ0v) is 11.1. The Bertz CT molecular complexity index is 935.